The second-order valence-electron chi connectivity index (χ2n) is 8.61. The molecule has 0 radical (unpaired) electrons. The number of likely N-dealkylation sites (tertiary alicyclic amines) is 1. The maximum absolute atomic E-state index is 12.7. The SMILES string of the molecule is CC(=O)N1CCN(C(=O)c2ccc(OC3CCN(C4CCCC4)CC3)cc2)CC1. The fourth-order valence-corrected chi connectivity index (χ4v) is 4.90. The Morgan fingerprint density at radius 3 is 2.00 bits per heavy atom. The first-order valence-corrected chi connectivity index (χ1v) is 11.2. The quantitative estimate of drug-likeness (QED) is 0.781. The number of amides is 2. The fraction of sp³-hybridized carbons (Fsp3) is 0.652. The molecule has 0 atom stereocenters. The Labute approximate surface area is 173 Å². The van der Waals surface area contributed by atoms with E-state index in [-0.39, 0.29) is 17.9 Å². The number of ether oxygens (including phenoxy) is 1. The number of piperazine rings is 1. The van der Waals surface area contributed by atoms with Crippen LogP contribution in [0.5, 0.6) is 5.75 Å². The van der Waals surface area contributed by atoms with Crippen LogP contribution in [0.3, 0.4) is 0 Å². The third kappa shape index (κ3) is 4.92. The first kappa shape index (κ1) is 20.2. The lowest BCUT2D eigenvalue weighted by atomic mass is 10.0. The summed E-state index contributed by atoms with van der Waals surface area (Å²) in [4.78, 5) is 30.4. The minimum atomic E-state index is 0.0321. The van der Waals surface area contributed by atoms with Gasteiger partial charge in [-0.05, 0) is 49.9 Å². The number of benzene rings is 1. The van der Waals surface area contributed by atoms with Crippen molar-refractivity contribution < 1.29 is 14.3 Å². The van der Waals surface area contributed by atoms with Gasteiger partial charge in [0, 0.05) is 57.8 Å². The fourth-order valence-electron chi connectivity index (χ4n) is 4.90. The van der Waals surface area contributed by atoms with Gasteiger partial charge in [-0.25, -0.2) is 0 Å². The first-order chi connectivity index (χ1) is 14.1. The van der Waals surface area contributed by atoms with Gasteiger partial charge in [0.15, 0.2) is 0 Å². The summed E-state index contributed by atoms with van der Waals surface area (Å²) in [7, 11) is 0. The Balaban J connectivity index is 1.25. The summed E-state index contributed by atoms with van der Waals surface area (Å²) in [6.07, 6.45) is 7.94. The van der Waals surface area contributed by atoms with Crippen LogP contribution >= 0.6 is 0 Å². The van der Waals surface area contributed by atoms with Crippen molar-refractivity contribution in [3.05, 3.63) is 29.8 Å². The topological polar surface area (TPSA) is 53.1 Å². The van der Waals surface area contributed by atoms with Gasteiger partial charge in [0.05, 0.1) is 0 Å². The second kappa shape index (κ2) is 9.16. The standard InChI is InChI=1S/C23H33N3O3/c1-18(27)24-14-16-26(17-15-24)23(28)19-6-8-21(9-7-19)29-22-10-12-25(13-11-22)20-4-2-3-5-20/h6-9,20,22H,2-5,10-17H2,1H3. The monoisotopic (exact) mass is 399 g/mol. The van der Waals surface area contributed by atoms with E-state index in [2.05, 4.69) is 4.90 Å². The van der Waals surface area contributed by atoms with Gasteiger partial charge in [0.2, 0.25) is 5.91 Å². The van der Waals surface area contributed by atoms with Crippen molar-refractivity contribution in [1.29, 1.82) is 0 Å². The van der Waals surface area contributed by atoms with Crippen molar-refractivity contribution in [2.45, 2.75) is 57.6 Å². The van der Waals surface area contributed by atoms with Crippen LogP contribution in [0.4, 0.5) is 0 Å². The minimum absolute atomic E-state index is 0.0321. The number of piperidine rings is 1. The van der Waals surface area contributed by atoms with Crippen molar-refractivity contribution in [3.63, 3.8) is 0 Å². The van der Waals surface area contributed by atoms with Crippen molar-refractivity contribution in [3.8, 4) is 5.75 Å². The molecule has 158 valence electrons. The van der Waals surface area contributed by atoms with E-state index in [1.807, 2.05) is 29.2 Å². The molecule has 0 aromatic heterocycles. The van der Waals surface area contributed by atoms with E-state index >= 15 is 0 Å². The highest BCUT2D eigenvalue weighted by molar-refractivity contribution is 5.94. The molecule has 2 amide bonds. The van der Waals surface area contributed by atoms with Crippen LogP contribution in [0.15, 0.2) is 24.3 Å². The van der Waals surface area contributed by atoms with Crippen LogP contribution in [0.1, 0.15) is 55.8 Å². The summed E-state index contributed by atoms with van der Waals surface area (Å²) < 4.78 is 6.19. The lowest BCUT2D eigenvalue weighted by Crippen LogP contribution is -2.50. The molecule has 2 heterocycles. The molecule has 1 aliphatic carbocycles. The lowest BCUT2D eigenvalue weighted by Gasteiger charge is -2.36. The third-order valence-electron chi connectivity index (χ3n) is 6.73. The average molecular weight is 400 g/mol. The predicted octanol–water partition coefficient (Wildman–Crippen LogP) is 2.78. The molecule has 3 fully saturated rings. The van der Waals surface area contributed by atoms with E-state index in [0.717, 1.165) is 37.7 Å². The van der Waals surface area contributed by atoms with E-state index in [0.29, 0.717) is 31.7 Å². The average Bonchev–Trinajstić information content (AvgIpc) is 3.29. The van der Waals surface area contributed by atoms with E-state index in [4.69, 9.17) is 4.74 Å². The summed E-state index contributed by atoms with van der Waals surface area (Å²) in [6.45, 7) is 6.27. The van der Waals surface area contributed by atoms with Gasteiger partial charge in [-0.2, -0.15) is 0 Å². The van der Waals surface area contributed by atoms with E-state index in [1.54, 1.807) is 11.8 Å². The number of carbonyl (C=O) groups is 2. The highest BCUT2D eigenvalue weighted by Crippen LogP contribution is 2.27. The molecule has 0 unspecified atom stereocenters. The molecular weight excluding hydrogens is 366 g/mol. The van der Waals surface area contributed by atoms with Crippen LogP contribution in [-0.4, -0.2) is 77.9 Å². The first-order valence-electron chi connectivity index (χ1n) is 11.2. The molecule has 29 heavy (non-hydrogen) atoms. The molecule has 0 bridgehead atoms. The number of carbonyl (C=O) groups excluding carboxylic acids is 2. The molecule has 4 rings (SSSR count). The molecule has 3 aliphatic rings. The number of hydrogen-bond acceptors (Lipinski definition) is 4. The Kier molecular flexibility index (Phi) is 6.38. The minimum Gasteiger partial charge on any atom is -0.490 e. The van der Waals surface area contributed by atoms with E-state index in [1.165, 1.54) is 25.7 Å². The van der Waals surface area contributed by atoms with Crippen LogP contribution in [0.2, 0.25) is 0 Å². The molecule has 0 spiro atoms. The van der Waals surface area contributed by atoms with Crippen LogP contribution in [0.25, 0.3) is 0 Å². The van der Waals surface area contributed by atoms with Gasteiger partial charge < -0.3 is 19.4 Å². The number of nitrogens with zero attached hydrogens (tertiary/aromatic N) is 3. The largest absolute Gasteiger partial charge is 0.490 e. The van der Waals surface area contributed by atoms with Crippen LogP contribution in [0, 0.1) is 0 Å². The molecule has 2 aliphatic heterocycles. The molecule has 0 N–H and O–H groups in total. The predicted molar refractivity (Wildman–Crippen MR) is 112 cm³/mol. The molecular formula is C23H33N3O3. The van der Waals surface area contributed by atoms with Crippen molar-refractivity contribution in [2.75, 3.05) is 39.3 Å². The zero-order valence-electron chi connectivity index (χ0n) is 17.5. The Hall–Kier alpha value is -2.08. The van der Waals surface area contributed by atoms with Crippen LogP contribution in [-0.2, 0) is 4.79 Å². The van der Waals surface area contributed by atoms with E-state index in [9.17, 15) is 9.59 Å². The van der Waals surface area contributed by atoms with Crippen molar-refractivity contribution in [2.24, 2.45) is 0 Å². The molecule has 1 aromatic carbocycles. The summed E-state index contributed by atoms with van der Waals surface area (Å²) >= 11 is 0. The lowest BCUT2D eigenvalue weighted by molar-refractivity contribution is -0.130. The second-order valence-corrected chi connectivity index (χ2v) is 8.61. The Morgan fingerprint density at radius 2 is 1.41 bits per heavy atom. The summed E-state index contributed by atoms with van der Waals surface area (Å²) in [6, 6.07) is 8.37. The van der Waals surface area contributed by atoms with Gasteiger partial charge in [0.25, 0.3) is 5.91 Å². The van der Waals surface area contributed by atoms with Crippen LogP contribution < -0.4 is 4.74 Å². The van der Waals surface area contributed by atoms with Gasteiger partial charge in [0.1, 0.15) is 11.9 Å². The zero-order valence-corrected chi connectivity index (χ0v) is 17.5. The molecule has 6 heteroatoms. The Bertz CT molecular complexity index is 699. The van der Waals surface area contributed by atoms with Gasteiger partial charge >= 0.3 is 0 Å². The van der Waals surface area contributed by atoms with Crippen molar-refractivity contribution >= 4 is 11.8 Å². The van der Waals surface area contributed by atoms with E-state index < -0.39 is 0 Å². The molecule has 6 nitrogen and oxygen atoms in total. The van der Waals surface area contributed by atoms with Gasteiger partial charge in [-0.15, -0.1) is 0 Å². The maximum Gasteiger partial charge on any atom is 0.253 e. The summed E-state index contributed by atoms with van der Waals surface area (Å²) in [5, 5.41) is 0. The normalized spacial score (nSPS) is 22.1. The summed E-state index contributed by atoms with van der Waals surface area (Å²) in [5.74, 6) is 0.958. The zero-order chi connectivity index (χ0) is 20.2. The van der Waals surface area contributed by atoms with Gasteiger partial charge in [-0.1, -0.05) is 12.8 Å². The molecule has 2 saturated heterocycles. The highest BCUT2D eigenvalue weighted by Gasteiger charge is 2.28. The molecule has 1 aromatic rings. The smallest absolute Gasteiger partial charge is 0.253 e. The van der Waals surface area contributed by atoms with Crippen molar-refractivity contribution in [1.82, 2.24) is 14.7 Å². The Morgan fingerprint density at radius 1 is 0.828 bits per heavy atom. The molecule has 1 saturated carbocycles. The number of rotatable bonds is 4. The summed E-state index contributed by atoms with van der Waals surface area (Å²) in [5.41, 5.74) is 0.685. The van der Waals surface area contributed by atoms with Gasteiger partial charge in [-0.3, -0.25) is 9.59 Å². The highest BCUT2D eigenvalue weighted by atomic mass is 16.5. The number of hydrogen-bond donors (Lipinski definition) is 0. The third-order valence-corrected chi connectivity index (χ3v) is 6.73. The maximum atomic E-state index is 12.7.